The number of hydrogen-bond acceptors (Lipinski definition) is 3. The zero-order valence-electron chi connectivity index (χ0n) is 19.0. The Morgan fingerprint density at radius 1 is 0.970 bits per heavy atom. The normalized spacial score (nSPS) is 11.5. The largest absolute Gasteiger partial charge is 0.484 e. The number of rotatable bonds is 10. The van der Waals surface area contributed by atoms with Crippen LogP contribution in [0.4, 0.5) is 0 Å². The van der Waals surface area contributed by atoms with Gasteiger partial charge in [-0.3, -0.25) is 9.59 Å². The van der Waals surface area contributed by atoms with Crippen molar-refractivity contribution in [3.63, 3.8) is 0 Å². The van der Waals surface area contributed by atoms with Gasteiger partial charge in [-0.05, 0) is 49.2 Å². The van der Waals surface area contributed by atoms with Crippen molar-refractivity contribution in [2.24, 2.45) is 0 Å². The van der Waals surface area contributed by atoms with Gasteiger partial charge in [-0.2, -0.15) is 0 Å². The Hall–Kier alpha value is -3.12. The van der Waals surface area contributed by atoms with E-state index in [2.05, 4.69) is 21.2 Å². The number of carbonyl (C=O) groups excluding carboxylic acids is 2. The first-order valence-corrected chi connectivity index (χ1v) is 11.8. The summed E-state index contributed by atoms with van der Waals surface area (Å²) in [5.74, 6) is 0.178. The molecule has 1 atom stereocenters. The average Bonchev–Trinajstić information content (AvgIpc) is 2.81. The fourth-order valence-corrected chi connectivity index (χ4v) is 3.88. The standard InChI is InChI=1S/C27H29BrN2O3/c1-3-29-27(32)25(17-21-9-5-4-6-10-21)30(18-22-11-7-8-20(2)16-22)26(31)19-33-24-14-12-23(28)13-15-24/h4-16,25H,3,17-19H2,1-2H3,(H,29,32)/t25-/m1/s1. The number of aryl methyl sites for hydroxylation is 1. The first-order chi connectivity index (χ1) is 16.0. The molecule has 2 amide bonds. The van der Waals surface area contributed by atoms with Gasteiger partial charge >= 0.3 is 0 Å². The van der Waals surface area contributed by atoms with E-state index in [1.807, 2.05) is 80.6 Å². The highest BCUT2D eigenvalue weighted by Gasteiger charge is 2.30. The molecule has 6 heteroatoms. The van der Waals surface area contributed by atoms with Crippen LogP contribution in [0.15, 0.2) is 83.3 Å². The first kappa shape index (κ1) is 24.5. The minimum atomic E-state index is -0.658. The van der Waals surface area contributed by atoms with E-state index in [4.69, 9.17) is 4.74 Å². The van der Waals surface area contributed by atoms with E-state index in [1.165, 1.54) is 0 Å². The van der Waals surface area contributed by atoms with Crippen molar-refractivity contribution in [1.29, 1.82) is 0 Å². The van der Waals surface area contributed by atoms with Gasteiger partial charge in [-0.15, -0.1) is 0 Å². The molecule has 3 aromatic rings. The number of likely N-dealkylation sites (N-methyl/N-ethyl adjacent to an activating group) is 1. The third kappa shape index (κ3) is 7.46. The average molecular weight is 509 g/mol. The maximum absolute atomic E-state index is 13.4. The number of benzene rings is 3. The maximum atomic E-state index is 13.4. The quantitative estimate of drug-likeness (QED) is 0.423. The molecule has 0 aliphatic carbocycles. The summed E-state index contributed by atoms with van der Waals surface area (Å²) in [6.45, 7) is 4.54. The lowest BCUT2D eigenvalue weighted by Crippen LogP contribution is -2.51. The molecule has 3 rings (SSSR count). The Kier molecular flexibility index (Phi) is 9.07. The number of halogens is 1. The van der Waals surface area contributed by atoms with E-state index in [0.717, 1.165) is 21.2 Å². The van der Waals surface area contributed by atoms with Gasteiger partial charge in [0.2, 0.25) is 5.91 Å². The van der Waals surface area contributed by atoms with Crippen molar-refractivity contribution >= 4 is 27.7 Å². The molecular weight excluding hydrogens is 480 g/mol. The first-order valence-electron chi connectivity index (χ1n) is 11.0. The van der Waals surface area contributed by atoms with E-state index in [9.17, 15) is 9.59 Å². The molecule has 0 heterocycles. The maximum Gasteiger partial charge on any atom is 0.261 e. The van der Waals surface area contributed by atoms with Crippen molar-refractivity contribution in [1.82, 2.24) is 10.2 Å². The molecule has 0 aromatic heterocycles. The Bertz CT molecular complexity index is 1050. The predicted molar refractivity (Wildman–Crippen MR) is 134 cm³/mol. The summed E-state index contributed by atoms with van der Waals surface area (Å²) >= 11 is 3.40. The van der Waals surface area contributed by atoms with E-state index in [-0.39, 0.29) is 18.4 Å². The highest BCUT2D eigenvalue weighted by Crippen LogP contribution is 2.18. The fraction of sp³-hybridized carbons (Fsp3) is 0.259. The molecule has 0 fully saturated rings. The van der Waals surface area contributed by atoms with Crippen molar-refractivity contribution in [3.8, 4) is 5.75 Å². The topological polar surface area (TPSA) is 58.6 Å². The lowest BCUT2D eigenvalue weighted by molar-refractivity contribution is -0.142. The zero-order valence-corrected chi connectivity index (χ0v) is 20.5. The van der Waals surface area contributed by atoms with Crippen LogP contribution in [0.5, 0.6) is 5.75 Å². The molecule has 0 saturated heterocycles. The second-order valence-corrected chi connectivity index (χ2v) is 8.77. The monoisotopic (exact) mass is 508 g/mol. The van der Waals surface area contributed by atoms with Crippen LogP contribution in [0, 0.1) is 6.92 Å². The second kappa shape index (κ2) is 12.2. The number of nitrogens with one attached hydrogen (secondary N) is 1. The van der Waals surface area contributed by atoms with Crippen LogP contribution in [0.3, 0.4) is 0 Å². The molecule has 0 aliphatic rings. The van der Waals surface area contributed by atoms with Gasteiger partial charge < -0.3 is 15.0 Å². The van der Waals surface area contributed by atoms with Gasteiger partial charge in [-0.25, -0.2) is 0 Å². The zero-order chi connectivity index (χ0) is 23.6. The third-order valence-corrected chi connectivity index (χ3v) is 5.76. The fourth-order valence-electron chi connectivity index (χ4n) is 3.61. The second-order valence-electron chi connectivity index (χ2n) is 7.85. The molecule has 0 spiro atoms. The van der Waals surface area contributed by atoms with E-state index >= 15 is 0 Å². The molecule has 0 saturated carbocycles. The summed E-state index contributed by atoms with van der Waals surface area (Å²) in [6, 6.07) is 24.4. The summed E-state index contributed by atoms with van der Waals surface area (Å²) in [5.41, 5.74) is 3.06. The van der Waals surface area contributed by atoms with Crippen molar-refractivity contribution in [3.05, 3.63) is 100 Å². The van der Waals surface area contributed by atoms with Gasteiger partial charge in [0, 0.05) is 24.0 Å². The third-order valence-electron chi connectivity index (χ3n) is 5.23. The molecule has 0 aliphatic heterocycles. The molecule has 33 heavy (non-hydrogen) atoms. The van der Waals surface area contributed by atoms with Gasteiger partial charge in [0.15, 0.2) is 6.61 Å². The van der Waals surface area contributed by atoms with Crippen LogP contribution in [0.2, 0.25) is 0 Å². The van der Waals surface area contributed by atoms with E-state index in [1.54, 1.807) is 17.0 Å². The van der Waals surface area contributed by atoms with Crippen LogP contribution < -0.4 is 10.1 Å². The van der Waals surface area contributed by atoms with Gasteiger partial charge in [0.25, 0.3) is 5.91 Å². The lowest BCUT2D eigenvalue weighted by atomic mass is 10.0. The number of ether oxygens (including phenoxy) is 1. The van der Waals surface area contributed by atoms with Crippen LogP contribution >= 0.6 is 15.9 Å². The van der Waals surface area contributed by atoms with E-state index < -0.39 is 6.04 Å². The Morgan fingerprint density at radius 3 is 2.33 bits per heavy atom. The van der Waals surface area contributed by atoms with Crippen molar-refractivity contribution < 1.29 is 14.3 Å². The van der Waals surface area contributed by atoms with E-state index in [0.29, 0.717) is 25.3 Å². The van der Waals surface area contributed by atoms with Crippen LogP contribution in [0.25, 0.3) is 0 Å². The molecule has 3 aromatic carbocycles. The number of nitrogens with zero attached hydrogens (tertiary/aromatic N) is 1. The SMILES string of the molecule is CCNC(=O)[C@@H](Cc1ccccc1)N(Cc1cccc(C)c1)C(=O)COc1ccc(Br)cc1. The van der Waals surface area contributed by atoms with Crippen molar-refractivity contribution in [2.75, 3.05) is 13.2 Å². The number of hydrogen-bond donors (Lipinski definition) is 1. The molecular formula is C27H29BrN2O3. The predicted octanol–water partition coefficient (Wildman–Crippen LogP) is 4.91. The molecule has 5 nitrogen and oxygen atoms in total. The lowest BCUT2D eigenvalue weighted by Gasteiger charge is -2.31. The highest BCUT2D eigenvalue weighted by atomic mass is 79.9. The summed E-state index contributed by atoms with van der Waals surface area (Å²) < 4.78 is 6.69. The number of carbonyl (C=O) groups is 2. The summed E-state index contributed by atoms with van der Waals surface area (Å²) in [5, 5.41) is 2.90. The minimum absolute atomic E-state index is 0.155. The smallest absolute Gasteiger partial charge is 0.261 e. The Morgan fingerprint density at radius 2 is 1.67 bits per heavy atom. The highest BCUT2D eigenvalue weighted by molar-refractivity contribution is 9.10. The molecule has 172 valence electrons. The summed E-state index contributed by atoms with van der Waals surface area (Å²) in [6.07, 6.45) is 0.419. The van der Waals surface area contributed by atoms with Gasteiger partial charge in [0.1, 0.15) is 11.8 Å². The Labute approximate surface area is 203 Å². The van der Waals surface area contributed by atoms with Crippen LogP contribution in [-0.4, -0.2) is 35.9 Å². The molecule has 1 N–H and O–H groups in total. The van der Waals surface area contributed by atoms with Gasteiger partial charge in [0.05, 0.1) is 0 Å². The van der Waals surface area contributed by atoms with Crippen molar-refractivity contribution in [2.45, 2.75) is 32.9 Å². The molecule has 0 radical (unpaired) electrons. The molecule has 0 bridgehead atoms. The molecule has 0 unspecified atom stereocenters. The number of amides is 2. The van der Waals surface area contributed by atoms with Crippen LogP contribution in [-0.2, 0) is 22.6 Å². The summed E-state index contributed by atoms with van der Waals surface area (Å²) in [7, 11) is 0. The summed E-state index contributed by atoms with van der Waals surface area (Å²) in [4.78, 5) is 28.2. The van der Waals surface area contributed by atoms with Gasteiger partial charge in [-0.1, -0.05) is 76.1 Å². The minimum Gasteiger partial charge on any atom is -0.484 e. The Balaban J connectivity index is 1.88. The van der Waals surface area contributed by atoms with Crippen LogP contribution in [0.1, 0.15) is 23.6 Å².